The molecule has 3 N–H and O–H groups in total. The summed E-state index contributed by atoms with van der Waals surface area (Å²) in [5.41, 5.74) is 5.68. The molecule has 0 aliphatic rings. The first-order valence-electron chi connectivity index (χ1n) is 7.54. The van der Waals surface area contributed by atoms with Crippen molar-refractivity contribution in [3.63, 3.8) is 0 Å². The van der Waals surface area contributed by atoms with E-state index < -0.39 is 11.7 Å². The maximum absolute atomic E-state index is 13.0. The summed E-state index contributed by atoms with van der Waals surface area (Å²) in [6.45, 7) is 2.23. The molecule has 2 rings (SSSR count). The second kappa shape index (κ2) is 9.43. The summed E-state index contributed by atoms with van der Waals surface area (Å²) in [6.07, 6.45) is 0. The average molecular weight is 363 g/mol. The molecule has 0 spiro atoms. The molecule has 0 bridgehead atoms. The molecule has 2 aromatic carbocycles. The molecular formula is C17H18FN3O3S. The fourth-order valence-electron chi connectivity index (χ4n) is 1.83. The van der Waals surface area contributed by atoms with Crippen LogP contribution in [0.25, 0.3) is 0 Å². The van der Waals surface area contributed by atoms with Gasteiger partial charge in [-0.05, 0) is 55.5 Å². The van der Waals surface area contributed by atoms with Crippen LogP contribution in [0.5, 0.6) is 11.5 Å². The maximum Gasteiger partial charge on any atom is 0.276 e. The van der Waals surface area contributed by atoms with Crippen molar-refractivity contribution < 1.29 is 18.7 Å². The number of hydrogen-bond donors (Lipinski definition) is 3. The number of carbonyl (C=O) groups is 1. The molecule has 0 atom stereocenters. The van der Waals surface area contributed by atoms with Crippen LogP contribution in [-0.4, -0.2) is 24.2 Å². The van der Waals surface area contributed by atoms with Gasteiger partial charge in [-0.15, -0.1) is 0 Å². The Bertz CT molecular complexity index is 725. The van der Waals surface area contributed by atoms with Gasteiger partial charge in [0.1, 0.15) is 17.3 Å². The number of thiocarbonyl (C=S) groups is 1. The number of rotatable bonds is 6. The molecule has 8 heteroatoms. The van der Waals surface area contributed by atoms with Crippen molar-refractivity contribution >= 4 is 28.9 Å². The number of benzene rings is 2. The van der Waals surface area contributed by atoms with Crippen molar-refractivity contribution in [2.75, 3.05) is 18.5 Å². The van der Waals surface area contributed by atoms with Crippen LogP contribution < -0.4 is 25.6 Å². The van der Waals surface area contributed by atoms with Crippen LogP contribution >= 0.6 is 12.2 Å². The minimum absolute atomic E-state index is 0.211. The fourth-order valence-corrected chi connectivity index (χ4v) is 2.00. The smallest absolute Gasteiger partial charge is 0.276 e. The number of ether oxygens (including phenoxy) is 2. The molecule has 6 nitrogen and oxygen atoms in total. The van der Waals surface area contributed by atoms with Gasteiger partial charge in [-0.1, -0.05) is 6.07 Å². The summed E-state index contributed by atoms with van der Waals surface area (Å²) < 4.78 is 23.5. The lowest BCUT2D eigenvalue weighted by atomic mass is 10.3. The van der Waals surface area contributed by atoms with Crippen molar-refractivity contribution in [1.82, 2.24) is 10.9 Å². The number of hydrazine groups is 1. The summed E-state index contributed by atoms with van der Waals surface area (Å²) in [7, 11) is 0. The van der Waals surface area contributed by atoms with Gasteiger partial charge in [0.05, 0.1) is 6.61 Å². The van der Waals surface area contributed by atoms with Gasteiger partial charge in [-0.3, -0.25) is 15.6 Å². The van der Waals surface area contributed by atoms with Crippen molar-refractivity contribution in [3.8, 4) is 11.5 Å². The molecule has 0 aliphatic heterocycles. The van der Waals surface area contributed by atoms with Gasteiger partial charge in [0.2, 0.25) is 0 Å². The van der Waals surface area contributed by atoms with E-state index in [-0.39, 0.29) is 17.5 Å². The van der Waals surface area contributed by atoms with E-state index in [0.717, 1.165) is 11.4 Å². The summed E-state index contributed by atoms with van der Waals surface area (Å²) in [6, 6.07) is 12.7. The number of carbonyl (C=O) groups excluding carboxylic acids is 1. The molecule has 0 saturated heterocycles. The van der Waals surface area contributed by atoms with Crippen LogP contribution in [-0.2, 0) is 4.79 Å². The predicted octanol–water partition coefficient (Wildman–Crippen LogP) is 2.62. The van der Waals surface area contributed by atoms with Crippen molar-refractivity contribution in [1.29, 1.82) is 0 Å². The highest BCUT2D eigenvalue weighted by Crippen LogP contribution is 2.15. The minimum Gasteiger partial charge on any atom is -0.494 e. The molecule has 132 valence electrons. The first-order chi connectivity index (χ1) is 12.1. The molecule has 0 unspecified atom stereocenters. The first kappa shape index (κ1) is 18.5. The van der Waals surface area contributed by atoms with Gasteiger partial charge in [-0.2, -0.15) is 0 Å². The number of nitrogens with one attached hydrogen (secondary N) is 3. The second-order valence-electron chi connectivity index (χ2n) is 4.83. The van der Waals surface area contributed by atoms with E-state index in [1.165, 1.54) is 18.2 Å². The standard InChI is InChI=1S/C17H18FN3O3S/c1-2-23-14-8-6-13(7-9-14)19-17(25)21-20-16(22)11-24-15-5-3-4-12(18)10-15/h3-10H,2,11H2,1H3,(H,20,22)(H2,19,21,25). The Balaban J connectivity index is 1.71. The van der Waals surface area contributed by atoms with E-state index in [1.807, 2.05) is 6.92 Å². The van der Waals surface area contributed by atoms with Crippen molar-refractivity contribution in [2.45, 2.75) is 6.92 Å². The lowest BCUT2D eigenvalue weighted by Gasteiger charge is -2.12. The Morgan fingerprint density at radius 3 is 2.52 bits per heavy atom. The van der Waals surface area contributed by atoms with E-state index in [2.05, 4.69) is 16.2 Å². The van der Waals surface area contributed by atoms with Gasteiger partial charge in [0.15, 0.2) is 11.7 Å². The molecule has 0 aromatic heterocycles. The van der Waals surface area contributed by atoms with Crippen LogP contribution in [0.4, 0.5) is 10.1 Å². The molecular weight excluding hydrogens is 345 g/mol. The van der Waals surface area contributed by atoms with E-state index in [9.17, 15) is 9.18 Å². The van der Waals surface area contributed by atoms with Crippen LogP contribution in [0.15, 0.2) is 48.5 Å². The van der Waals surface area contributed by atoms with E-state index in [1.54, 1.807) is 30.3 Å². The van der Waals surface area contributed by atoms with Gasteiger partial charge >= 0.3 is 0 Å². The van der Waals surface area contributed by atoms with Gasteiger partial charge in [0, 0.05) is 11.8 Å². The van der Waals surface area contributed by atoms with Crippen molar-refractivity contribution in [2.24, 2.45) is 0 Å². The maximum atomic E-state index is 13.0. The van der Waals surface area contributed by atoms with E-state index >= 15 is 0 Å². The third-order valence-corrected chi connectivity index (χ3v) is 3.11. The zero-order chi connectivity index (χ0) is 18.1. The summed E-state index contributed by atoms with van der Waals surface area (Å²) in [4.78, 5) is 11.7. The van der Waals surface area contributed by atoms with Gasteiger partial charge in [-0.25, -0.2) is 4.39 Å². The normalized spacial score (nSPS) is 9.84. The predicted molar refractivity (Wildman–Crippen MR) is 97.0 cm³/mol. The Morgan fingerprint density at radius 2 is 1.84 bits per heavy atom. The SMILES string of the molecule is CCOc1ccc(NC(=S)NNC(=O)COc2cccc(F)c2)cc1. The number of hydrogen-bond acceptors (Lipinski definition) is 4. The average Bonchev–Trinajstić information content (AvgIpc) is 2.60. The van der Waals surface area contributed by atoms with E-state index in [0.29, 0.717) is 6.61 Å². The number of halogens is 1. The molecule has 0 saturated carbocycles. The van der Waals surface area contributed by atoms with Crippen molar-refractivity contribution in [3.05, 3.63) is 54.3 Å². The summed E-state index contributed by atoms with van der Waals surface area (Å²) in [5, 5.41) is 3.12. The molecule has 0 aliphatic carbocycles. The topological polar surface area (TPSA) is 71.6 Å². The second-order valence-corrected chi connectivity index (χ2v) is 5.24. The Morgan fingerprint density at radius 1 is 1.08 bits per heavy atom. The zero-order valence-electron chi connectivity index (χ0n) is 13.5. The highest BCUT2D eigenvalue weighted by Gasteiger charge is 2.04. The van der Waals surface area contributed by atoms with Gasteiger partial charge in [0.25, 0.3) is 5.91 Å². The lowest BCUT2D eigenvalue weighted by Crippen LogP contribution is -2.45. The Kier molecular flexibility index (Phi) is 6.97. The highest BCUT2D eigenvalue weighted by molar-refractivity contribution is 7.80. The monoisotopic (exact) mass is 363 g/mol. The quantitative estimate of drug-likeness (QED) is 0.541. The van der Waals surface area contributed by atoms with E-state index in [4.69, 9.17) is 21.7 Å². The Hall–Kier alpha value is -2.87. The first-order valence-corrected chi connectivity index (χ1v) is 7.94. The molecule has 0 heterocycles. The van der Waals surface area contributed by atoms with Crippen LogP contribution in [0.2, 0.25) is 0 Å². The molecule has 0 fully saturated rings. The molecule has 2 aromatic rings. The molecule has 0 radical (unpaired) electrons. The molecule has 25 heavy (non-hydrogen) atoms. The minimum atomic E-state index is -0.458. The van der Waals surface area contributed by atoms with Crippen LogP contribution in [0, 0.1) is 5.82 Å². The third-order valence-electron chi connectivity index (χ3n) is 2.90. The Labute approximate surface area is 150 Å². The third kappa shape index (κ3) is 6.64. The number of amides is 1. The fraction of sp³-hybridized carbons (Fsp3) is 0.176. The van der Waals surface area contributed by atoms with Crippen LogP contribution in [0.3, 0.4) is 0 Å². The zero-order valence-corrected chi connectivity index (χ0v) is 14.4. The van der Waals surface area contributed by atoms with Gasteiger partial charge < -0.3 is 14.8 Å². The highest BCUT2D eigenvalue weighted by atomic mass is 32.1. The largest absolute Gasteiger partial charge is 0.494 e. The summed E-state index contributed by atoms with van der Waals surface area (Å²) in [5.74, 6) is 0.136. The molecule has 1 amide bonds. The number of anilines is 1. The van der Waals surface area contributed by atoms with Crippen LogP contribution in [0.1, 0.15) is 6.92 Å². The lowest BCUT2D eigenvalue weighted by molar-refractivity contribution is -0.123. The summed E-state index contributed by atoms with van der Waals surface area (Å²) >= 11 is 5.07.